The van der Waals surface area contributed by atoms with Crippen LogP contribution in [-0.2, 0) is 12.8 Å². The minimum atomic E-state index is -0.0665. The van der Waals surface area contributed by atoms with E-state index in [1.54, 1.807) is 23.9 Å². The summed E-state index contributed by atoms with van der Waals surface area (Å²) in [6, 6.07) is 10.5. The molecule has 0 atom stereocenters. The summed E-state index contributed by atoms with van der Waals surface area (Å²) in [5, 5.41) is 5.25. The van der Waals surface area contributed by atoms with Crippen LogP contribution in [0.1, 0.15) is 45.8 Å². The van der Waals surface area contributed by atoms with Crippen LogP contribution in [0.5, 0.6) is 0 Å². The van der Waals surface area contributed by atoms with Gasteiger partial charge in [0.05, 0.1) is 11.6 Å². The number of aromatic nitrogens is 3. The van der Waals surface area contributed by atoms with E-state index in [4.69, 9.17) is 0 Å². The Morgan fingerprint density at radius 3 is 2.80 bits per heavy atom. The van der Waals surface area contributed by atoms with Crippen molar-refractivity contribution in [3.63, 3.8) is 0 Å². The zero-order valence-corrected chi connectivity index (χ0v) is 18.3. The lowest BCUT2D eigenvalue weighted by atomic mass is 9.97. The first-order chi connectivity index (χ1) is 14.5. The van der Waals surface area contributed by atoms with Gasteiger partial charge in [0.1, 0.15) is 11.2 Å². The van der Waals surface area contributed by atoms with Gasteiger partial charge in [0.15, 0.2) is 0 Å². The molecule has 5 nitrogen and oxygen atoms in total. The van der Waals surface area contributed by atoms with E-state index >= 15 is 0 Å². The van der Waals surface area contributed by atoms with E-state index in [1.807, 2.05) is 0 Å². The number of aryl methyl sites for hydroxylation is 4. The van der Waals surface area contributed by atoms with E-state index in [2.05, 4.69) is 65.8 Å². The number of hydrogen-bond donors (Lipinski definition) is 0. The highest BCUT2D eigenvalue weighted by atomic mass is 32.1. The number of thiophene rings is 1. The van der Waals surface area contributed by atoms with Gasteiger partial charge in [-0.15, -0.1) is 11.3 Å². The van der Waals surface area contributed by atoms with Crippen molar-refractivity contribution >= 4 is 27.8 Å². The van der Waals surface area contributed by atoms with E-state index in [0.29, 0.717) is 0 Å². The van der Waals surface area contributed by atoms with Crippen LogP contribution in [0.2, 0.25) is 0 Å². The Bertz CT molecular complexity index is 1360. The maximum absolute atomic E-state index is 13.1. The first-order valence-electron chi connectivity index (χ1n) is 10.3. The summed E-state index contributed by atoms with van der Waals surface area (Å²) in [4.78, 5) is 19.8. The van der Waals surface area contributed by atoms with Crippen molar-refractivity contribution in [1.82, 2.24) is 14.2 Å². The van der Waals surface area contributed by atoms with E-state index < -0.39 is 0 Å². The van der Waals surface area contributed by atoms with Crippen molar-refractivity contribution in [2.45, 2.75) is 46.5 Å². The average molecular weight is 417 g/mol. The molecule has 3 aromatic heterocycles. The molecule has 0 bridgehead atoms. The zero-order chi connectivity index (χ0) is 20.8. The normalized spacial score (nSPS) is 14.0. The quantitative estimate of drug-likeness (QED) is 0.445. The van der Waals surface area contributed by atoms with Crippen molar-refractivity contribution in [1.29, 1.82) is 0 Å². The van der Waals surface area contributed by atoms with Crippen LogP contribution in [0.4, 0.5) is 0 Å². The van der Waals surface area contributed by atoms with Gasteiger partial charge in [-0.2, -0.15) is 9.78 Å². The number of rotatable bonds is 3. The second-order valence-corrected chi connectivity index (χ2v) is 9.11. The van der Waals surface area contributed by atoms with Crippen LogP contribution in [-0.4, -0.2) is 20.4 Å². The average Bonchev–Trinajstić information content (AvgIpc) is 3.24. The van der Waals surface area contributed by atoms with Crippen molar-refractivity contribution in [2.24, 2.45) is 5.10 Å². The van der Waals surface area contributed by atoms with Crippen molar-refractivity contribution in [2.75, 3.05) is 0 Å². The summed E-state index contributed by atoms with van der Waals surface area (Å²) in [5.74, 6) is 0. The molecular weight excluding hydrogens is 392 g/mol. The predicted octanol–water partition coefficient (Wildman–Crippen LogP) is 4.93. The number of fused-ring (bicyclic) bond motifs is 3. The molecule has 0 spiro atoms. The van der Waals surface area contributed by atoms with Crippen molar-refractivity contribution < 1.29 is 0 Å². The van der Waals surface area contributed by atoms with Crippen LogP contribution < -0.4 is 5.56 Å². The Labute approximate surface area is 179 Å². The lowest BCUT2D eigenvalue weighted by molar-refractivity contribution is 0.699. The van der Waals surface area contributed by atoms with Gasteiger partial charge in [-0.3, -0.25) is 4.79 Å². The Kier molecular flexibility index (Phi) is 4.66. The van der Waals surface area contributed by atoms with Crippen LogP contribution in [0.15, 0.2) is 46.6 Å². The number of hydrogen-bond acceptors (Lipinski definition) is 4. The summed E-state index contributed by atoms with van der Waals surface area (Å²) < 4.78 is 3.59. The summed E-state index contributed by atoms with van der Waals surface area (Å²) in [6.07, 6.45) is 7.68. The van der Waals surface area contributed by atoms with Gasteiger partial charge in [0.25, 0.3) is 5.56 Å². The van der Waals surface area contributed by atoms with E-state index in [-0.39, 0.29) is 5.56 Å². The molecule has 0 amide bonds. The standard InChI is InChI=1S/C24H24N4OS/c1-15-7-6-8-19(11-15)28-16(2)12-18(17(28)3)13-26-27-14-25-23-22(24(27)29)20-9-4-5-10-21(20)30-23/h6-8,11-14H,4-5,9-10H2,1-3H3/b26-13+. The number of benzene rings is 1. The molecule has 5 rings (SSSR count). The third-order valence-electron chi connectivity index (χ3n) is 5.91. The fourth-order valence-electron chi connectivity index (χ4n) is 4.43. The Hall–Kier alpha value is -2.99. The van der Waals surface area contributed by atoms with Gasteiger partial charge in [0, 0.05) is 27.5 Å². The van der Waals surface area contributed by atoms with Gasteiger partial charge in [-0.25, -0.2) is 4.98 Å². The molecule has 0 unspecified atom stereocenters. The monoisotopic (exact) mass is 416 g/mol. The summed E-state index contributed by atoms with van der Waals surface area (Å²) in [6.45, 7) is 6.26. The van der Waals surface area contributed by atoms with Crippen LogP contribution >= 0.6 is 11.3 Å². The molecule has 1 aliphatic rings. The predicted molar refractivity (Wildman–Crippen MR) is 123 cm³/mol. The molecule has 3 heterocycles. The molecule has 0 radical (unpaired) electrons. The molecule has 1 aromatic carbocycles. The van der Waals surface area contributed by atoms with Crippen molar-refractivity contribution in [3.8, 4) is 5.69 Å². The topological polar surface area (TPSA) is 52.2 Å². The van der Waals surface area contributed by atoms with Gasteiger partial charge in [0.2, 0.25) is 0 Å². The third kappa shape index (κ3) is 3.12. The molecular formula is C24H24N4OS. The molecule has 152 valence electrons. The lowest BCUT2D eigenvalue weighted by Crippen LogP contribution is -2.18. The highest BCUT2D eigenvalue weighted by Gasteiger charge is 2.20. The molecule has 0 N–H and O–H groups in total. The molecule has 0 fully saturated rings. The smallest absolute Gasteiger partial charge is 0.282 e. The molecule has 0 aliphatic heterocycles. The molecule has 1 aliphatic carbocycles. The third-order valence-corrected chi connectivity index (χ3v) is 7.11. The Balaban J connectivity index is 1.55. The van der Waals surface area contributed by atoms with E-state index in [1.165, 1.54) is 27.1 Å². The molecule has 30 heavy (non-hydrogen) atoms. The molecule has 4 aromatic rings. The minimum Gasteiger partial charge on any atom is -0.318 e. The lowest BCUT2D eigenvalue weighted by Gasteiger charge is -2.10. The summed E-state index contributed by atoms with van der Waals surface area (Å²) in [7, 11) is 0. The Morgan fingerprint density at radius 1 is 1.13 bits per heavy atom. The first kappa shape index (κ1) is 19.0. The largest absolute Gasteiger partial charge is 0.318 e. The summed E-state index contributed by atoms with van der Waals surface area (Å²) >= 11 is 1.66. The maximum atomic E-state index is 13.1. The minimum absolute atomic E-state index is 0.0665. The first-order valence-corrected chi connectivity index (χ1v) is 11.2. The molecule has 0 saturated carbocycles. The second-order valence-electron chi connectivity index (χ2n) is 8.03. The van der Waals surface area contributed by atoms with E-state index in [0.717, 1.165) is 52.1 Å². The van der Waals surface area contributed by atoms with Crippen LogP contribution in [0.3, 0.4) is 0 Å². The van der Waals surface area contributed by atoms with Gasteiger partial charge in [-0.1, -0.05) is 12.1 Å². The van der Waals surface area contributed by atoms with Gasteiger partial charge < -0.3 is 4.57 Å². The van der Waals surface area contributed by atoms with E-state index in [9.17, 15) is 4.79 Å². The van der Waals surface area contributed by atoms with Gasteiger partial charge >= 0.3 is 0 Å². The van der Waals surface area contributed by atoms with Crippen LogP contribution in [0, 0.1) is 20.8 Å². The Morgan fingerprint density at radius 2 is 1.97 bits per heavy atom. The van der Waals surface area contributed by atoms with Gasteiger partial charge in [-0.05, 0) is 75.8 Å². The van der Waals surface area contributed by atoms with Crippen LogP contribution in [0.25, 0.3) is 15.9 Å². The van der Waals surface area contributed by atoms with Crippen molar-refractivity contribution in [3.05, 3.63) is 80.0 Å². The highest BCUT2D eigenvalue weighted by molar-refractivity contribution is 7.18. The highest BCUT2D eigenvalue weighted by Crippen LogP contribution is 2.33. The number of nitrogens with zero attached hydrogens (tertiary/aromatic N) is 4. The zero-order valence-electron chi connectivity index (χ0n) is 17.5. The maximum Gasteiger partial charge on any atom is 0.282 e. The fraction of sp³-hybridized carbons (Fsp3) is 0.292. The SMILES string of the molecule is Cc1cccc(-n2c(C)cc(/C=N/n3cnc4sc5c(c4c3=O)CCCC5)c2C)c1. The summed E-state index contributed by atoms with van der Waals surface area (Å²) in [5.41, 5.74) is 6.71. The molecule has 6 heteroatoms. The second kappa shape index (κ2) is 7.36. The molecule has 0 saturated heterocycles. The fourth-order valence-corrected chi connectivity index (χ4v) is 5.65.